The summed E-state index contributed by atoms with van der Waals surface area (Å²) in [4.78, 5) is 13.5. The lowest BCUT2D eigenvalue weighted by molar-refractivity contribution is 0.0191. The van der Waals surface area contributed by atoms with Crippen LogP contribution in [0.15, 0.2) is 30.4 Å². The van der Waals surface area contributed by atoms with E-state index in [9.17, 15) is 9.90 Å². The van der Waals surface area contributed by atoms with Crippen molar-refractivity contribution in [2.45, 2.75) is 99.6 Å². The van der Waals surface area contributed by atoms with Crippen molar-refractivity contribution in [1.29, 1.82) is 0 Å². The molecule has 1 aliphatic carbocycles. The second-order valence-corrected chi connectivity index (χ2v) is 14.4. The van der Waals surface area contributed by atoms with E-state index in [1.165, 1.54) is 5.57 Å². The van der Waals surface area contributed by atoms with Crippen molar-refractivity contribution in [3.63, 3.8) is 0 Å². The van der Waals surface area contributed by atoms with E-state index in [2.05, 4.69) is 52.3 Å². The summed E-state index contributed by atoms with van der Waals surface area (Å²) in [7, 11) is 0. The van der Waals surface area contributed by atoms with Gasteiger partial charge in [0.25, 0.3) is 0 Å². The summed E-state index contributed by atoms with van der Waals surface area (Å²) in [5.74, 6) is 0.0704. The zero-order valence-electron chi connectivity index (χ0n) is 20.1. The molecular formula is C27H36Br2O4. The molecule has 3 aliphatic rings. The number of rotatable bonds is 1. The monoisotopic (exact) mass is 582 g/mol. The molecular weight excluding hydrogens is 548 g/mol. The summed E-state index contributed by atoms with van der Waals surface area (Å²) in [6, 6.07) is 5.08. The van der Waals surface area contributed by atoms with Gasteiger partial charge in [-0.15, -0.1) is 0 Å². The number of cyclic esters (lactones) is 1. The molecule has 0 amide bonds. The van der Waals surface area contributed by atoms with E-state index >= 15 is 0 Å². The topological polar surface area (TPSA) is 59.1 Å². The van der Waals surface area contributed by atoms with Gasteiger partial charge >= 0.3 is 5.97 Å². The van der Waals surface area contributed by atoms with Gasteiger partial charge in [0.2, 0.25) is 0 Å². The number of hydrogen-bond donors (Lipinski definition) is 1. The number of epoxide rings is 1. The molecule has 6 heteroatoms. The van der Waals surface area contributed by atoms with E-state index < -0.39 is 0 Å². The lowest BCUT2D eigenvalue weighted by atomic mass is 9.61. The van der Waals surface area contributed by atoms with E-state index in [0.29, 0.717) is 16.8 Å². The fourth-order valence-electron chi connectivity index (χ4n) is 5.78. The van der Waals surface area contributed by atoms with Gasteiger partial charge in [0.05, 0.1) is 21.6 Å². The minimum absolute atomic E-state index is 0.00822. The van der Waals surface area contributed by atoms with E-state index in [4.69, 9.17) is 9.47 Å². The number of hydrogen-bond acceptors (Lipinski definition) is 4. The number of ether oxygens (including phenoxy) is 2. The van der Waals surface area contributed by atoms with Gasteiger partial charge in [0.1, 0.15) is 11.9 Å². The van der Waals surface area contributed by atoms with E-state index in [1.54, 1.807) is 12.1 Å². The quantitative estimate of drug-likeness (QED) is 0.166. The summed E-state index contributed by atoms with van der Waals surface area (Å²) in [5, 5.41) is 10.7. The number of benzene rings is 1. The van der Waals surface area contributed by atoms with Crippen LogP contribution in [-0.4, -0.2) is 38.0 Å². The molecule has 1 unspecified atom stereocenters. The minimum Gasteiger partial charge on any atom is -0.508 e. The third-order valence-electron chi connectivity index (χ3n) is 8.36. The van der Waals surface area contributed by atoms with Crippen molar-refractivity contribution in [1.82, 2.24) is 0 Å². The average molecular weight is 584 g/mol. The van der Waals surface area contributed by atoms with Gasteiger partial charge in [0, 0.05) is 4.83 Å². The Bertz CT molecular complexity index is 939. The summed E-state index contributed by atoms with van der Waals surface area (Å²) in [6.07, 6.45) is 6.20. The van der Waals surface area contributed by atoms with Crippen LogP contribution in [0.4, 0.5) is 0 Å². The summed E-state index contributed by atoms with van der Waals surface area (Å²) in [5.41, 5.74) is 2.31. The Balaban J connectivity index is 1.72. The molecule has 2 fully saturated rings. The van der Waals surface area contributed by atoms with Crippen LogP contribution < -0.4 is 0 Å². The van der Waals surface area contributed by atoms with Crippen LogP contribution in [0.5, 0.6) is 5.75 Å². The number of phenols is 1. The molecule has 2 bridgehead atoms. The number of alkyl halides is 2. The van der Waals surface area contributed by atoms with Crippen molar-refractivity contribution in [3.8, 4) is 5.75 Å². The predicted molar refractivity (Wildman–Crippen MR) is 138 cm³/mol. The maximum atomic E-state index is 13.1. The third kappa shape index (κ3) is 5.08. The molecule has 4 rings (SSSR count). The first-order valence-corrected chi connectivity index (χ1v) is 13.8. The first-order chi connectivity index (χ1) is 15.3. The lowest BCUT2D eigenvalue weighted by Crippen LogP contribution is -2.42. The summed E-state index contributed by atoms with van der Waals surface area (Å²) in [6.45, 7) is 13.0. The molecule has 6 atom stereocenters. The highest BCUT2D eigenvalue weighted by molar-refractivity contribution is 9.10. The number of fused-ring (bicyclic) bond motifs is 4. The molecule has 1 aromatic carbocycles. The zero-order chi connectivity index (χ0) is 24.2. The highest BCUT2D eigenvalue weighted by Gasteiger charge is 2.54. The van der Waals surface area contributed by atoms with Crippen LogP contribution in [0.1, 0.15) is 82.1 Å². The van der Waals surface area contributed by atoms with Crippen LogP contribution in [0.25, 0.3) is 0 Å². The van der Waals surface area contributed by atoms with Gasteiger partial charge < -0.3 is 14.6 Å². The van der Waals surface area contributed by atoms with Crippen LogP contribution in [0.3, 0.4) is 0 Å². The van der Waals surface area contributed by atoms with Gasteiger partial charge in [-0.2, -0.15) is 0 Å². The van der Waals surface area contributed by atoms with E-state index in [-0.39, 0.29) is 45.2 Å². The van der Waals surface area contributed by atoms with Crippen molar-refractivity contribution in [2.75, 3.05) is 0 Å². The normalized spacial score (nSPS) is 37.8. The van der Waals surface area contributed by atoms with Gasteiger partial charge in [-0.3, -0.25) is 0 Å². The van der Waals surface area contributed by atoms with Gasteiger partial charge in [0.15, 0.2) is 0 Å². The molecule has 33 heavy (non-hydrogen) atoms. The second-order valence-electron chi connectivity index (χ2n) is 11.2. The Morgan fingerprint density at radius 1 is 1.18 bits per heavy atom. The Morgan fingerprint density at radius 2 is 1.91 bits per heavy atom. The molecule has 4 nitrogen and oxygen atoms in total. The standard InChI is InChI=1S/C27H36Br2O4/c1-16-6-9-21(28)26(4)12-10-23-27(5,33-23)13-11-22(25(2,3)29)32-24(31)17-7-8-20(30)18(14-17)15-19(16)26/h7-8,14,19,21-23,30H,1,6,9-13,15H2,2-5H3/t19?,21-,22-,23-,26-,27-/m0/s1. The van der Waals surface area contributed by atoms with Crippen molar-refractivity contribution < 1.29 is 19.4 Å². The largest absolute Gasteiger partial charge is 0.508 e. The van der Waals surface area contributed by atoms with E-state index in [1.807, 2.05) is 19.9 Å². The lowest BCUT2D eigenvalue weighted by Gasteiger charge is -2.47. The number of halogens is 2. The number of phenolic OH excluding ortho intramolecular Hbond substituents is 1. The molecule has 2 heterocycles. The third-order valence-corrected chi connectivity index (χ3v) is 10.4. The fourth-order valence-corrected chi connectivity index (χ4v) is 6.88. The molecule has 182 valence electrons. The number of carbonyl (C=O) groups is 1. The van der Waals surface area contributed by atoms with Crippen LogP contribution >= 0.6 is 31.9 Å². The summed E-state index contributed by atoms with van der Waals surface area (Å²) < 4.78 is 11.8. The van der Waals surface area contributed by atoms with Crippen LogP contribution in [-0.2, 0) is 15.9 Å². The molecule has 1 N–H and O–H groups in total. The fraction of sp³-hybridized carbons (Fsp3) is 0.667. The highest BCUT2D eigenvalue weighted by atomic mass is 79.9. The Labute approximate surface area is 214 Å². The first kappa shape index (κ1) is 25.2. The Kier molecular flexibility index (Phi) is 6.87. The molecule has 0 spiro atoms. The van der Waals surface area contributed by atoms with Crippen molar-refractivity contribution in [3.05, 3.63) is 41.5 Å². The Hall–Kier alpha value is -0.850. The number of allylic oxidation sites excluding steroid dienone is 1. The predicted octanol–water partition coefficient (Wildman–Crippen LogP) is 7.10. The van der Waals surface area contributed by atoms with Crippen LogP contribution in [0.2, 0.25) is 0 Å². The van der Waals surface area contributed by atoms with Gasteiger partial charge in [-0.1, -0.05) is 50.9 Å². The highest BCUT2D eigenvalue weighted by Crippen LogP contribution is 2.54. The molecule has 1 aromatic rings. The number of esters is 1. The minimum atomic E-state index is -0.361. The van der Waals surface area contributed by atoms with Crippen LogP contribution in [0, 0.1) is 11.3 Å². The van der Waals surface area contributed by atoms with Gasteiger partial charge in [-0.05, 0) is 101 Å². The first-order valence-electron chi connectivity index (χ1n) is 12.0. The summed E-state index contributed by atoms with van der Waals surface area (Å²) >= 11 is 7.71. The Morgan fingerprint density at radius 3 is 2.61 bits per heavy atom. The number of aromatic hydroxyl groups is 1. The maximum absolute atomic E-state index is 13.1. The molecule has 1 saturated heterocycles. The zero-order valence-corrected chi connectivity index (χ0v) is 23.3. The molecule has 1 saturated carbocycles. The van der Waals surface area contributed by atoms with E-state index in [0.717, 1.165) is 44.1 Å². The SMILES string of the molecule is C=C1CC[C@H](Br)[C@@]2(C)CC[C@@H]3O[C@@]3(C)CC[C@@H](C(C)(C)Br)OC(=O)c3ccc(O)c(c3)CC12. The van der Waals surface area contributed by atoms with Crippen molar-refractivity contribution in [2.24, 2.45) is 11.3 Å². The average Bonchev–Trinajstić information content (AvgIpc) is 3.39. The van der Waals surface area contributed by atoms with Crippen molar-refractivity contribution >= 4 is 37.8 Å². The molecule has 0 radical (unpaired) electrons. The molecule has 0 aromatic heterocycles. The van der Waals surface area contributed by atoms with Gasteiger partial charge in [-0.25, -0.2) is 4.79 Å². The second kappa shape index (κ2) is 8.98. The molecule has 2 aliphatic heterocycles. The number of carbonyl (C=O) groups excluding carboxylic acids is 1. The smallest absolute Gasteiger partial charge is 0.338 e. The maximum Gasteiger partial charge on any atom is 0.338 e.